The van der Waals surface area contributed by atoms with Crippen LogP contribution in [0.4, 0.5) is 0 Å². The summed E-state index contributed by atoms with van der Waals surface area (Å²) in [5, 5.41) is 2.89. The van der Waals surface area contributed by atoms with Gasteiger partial charge in [-0.25, -0.2) is 4.98 Å². The Hall–Kier alpha value is -3.48. The maximum absolute atomic E-state index is 12.2. The molecule has 0 saturated heterocycles. The Balaban J connectivity index is 1.57. The van der Waals surface area contributed by atoms with Gasteiger partial charge in [-0.15, -0.1) is 0 Å². The zero-order valence-corrected chi connectivity index (χ0v) is 16.7. The van der Waals surface area contributed by atoms with Gasteiger partial charge in [0.2, 0.25) is 5.91 Å². The van der Waals surface area contributed by atoms with Crippen LogP contribution in [0.15, 0.2) is 53.1 Å². The molecule has 1 aromatic heterocycles. The van der Waals surface area contributed by atoms with Gasteiger partial charge in [-0.3, -0.25) is 4.79 Å². The van der Waals surface area contributed by atoms with Gasteiger partial charge in [-0.2, -0.15) is 0 Å². The van der Waals surface area contributed by atoms with E-state index in [2.05, 4.69) is 10.3 Å². The van der Waals surface area contributed by atoms with Gasteiger partial charge in [0, 0.05) is 31.0 Å². The second-order valence-corrected chi connectivity index (χ2v) is 6.27. The molecular formula is C22H24N2O5. The van der Waals surface area contributed by atoms with Crippen molar-refractivity contribution in [2.24, 2.45) is 0 Å². The molecule has 0 atom stereocenters. The largest absolute Gasteiger partial charge is 0.497 e. The highest BCUT2D eigenvalue weighted by Crippen LogP contribution is 2.33. The third kappa shape index (κ3) is 5.07. The Bertz CT molecular complexity index is 967. The van der Waals surface area contributed by atoms with Crippen LogP contribution in [0.1, 0.15) is 17.9 Å². The van der Waals surface area contributed by atoms with Gasteiger partial charge in [-0.05, 0) is 18.2 Å². The molecule has 3 rings (SSSR count). The highest BCUT2D eigenvalue weighted by molar-refractivity contribution is 5.76. The maximum atomic E-state index is 12.2. The van der Waals surface area contributed by atoms with Crippen LogP contribution in [0.3, 0.4) is 0 Å². The van der Waals surface area contributed by atoms with Crippen molar-refractivity contribution in [1.29, 1.82) is 0 Å². The Labute approximate surface area is 169 Å². The Morgan fingerprint density at radius 2 is 1.83 bits per heavy atom. The lowest BCUT2D eigenvalue weighted by Crippen LogP contribution is -2.23. The van der Waals surface area contributed by atoms with E-state index >= 15 is 0 Å². The smallest absolute Gasteiger partial charge is 0.220 e. The van der Waals surface area contributed by atoms with E-state index in [0.29, 0.717) is 36.1 Å². The van der Waals surface area contributed by atoms with Crippen molar-refractivity contribution in [3.05, 3.63) is 60.1 Å². The van der Waals surface area contributed by atoms with Crippen molar-refractivity contribution in [3.63, 3.8) is 0 Å². The fourth-order valence-electron chi connectivity index (χ4n) is 2.90. The molecule has 152 valence electrons. The summed E-state index contributed by atoms with van der Waals surface area (Å²) in [7, 11) is 4.79. The predicted octanol–water partition coefficient (Wildman–Crippen LogP) is 3.62. The van der Waals surface area contributed by atoms with Gasteiger partial charge in [0.25, 0.3) is 0 Å². The van der Waals surface area contributed by atoms with Gasteiger partial charge >= 0.3 is 0 Å². The molecule has 1 heterocycles. The van der Waals surface area contributed by atoms with Crippen molar-refractivity contribution in [2.45, 2.75) is 19.4 Å². The first kappa shape index (κ1) is 20.3. The number of hydrogen-bond acceptors (Lipinski definition) is 6. The summed E-state index contributed by atoms with van der Waals surface area (Å²) in [6.07, 6.45) is 2.30. The normalized spacial score (nSPS) is 10.4. The van der Waals surface area contributed by atoms with E-state index in [1.807, 2.05) is 36.4 Å². The molecule has 0 bridgehead atoms. The van der Waals surface area contributed by atoms with Crippen molar-refractivity contribution in [2.75, 3.05) is 21.3 Å². The van der Waals surface area contributed by atoms with Gasteiger partial charge < -0.3 is 23.9 Å². The van der Waals surface area contributed by atoms with Gasteiger partial charge in [0.15, 0.2) is 11.7 Å². The number of methoxy groups -OCH3 is 3. The molecule has 0 saturated carbocycles. The molecule has 0 aliphatic carbocycles. The van der Waals surface area contributed by atoms with Crippen LogP contribution in [-0.4, -0.2) is 32.2 Å². The molecular weight excluding hydrogens is 372 g/mol. The second kappa shape index (κ2) is 9.64. The highest BCUT2D eigenvalue weighted by atomic mass is 16.5. The summed E-state index contributed by atoms with van der Waals surface area (Å²) in [6, 6.07) is 13.0. The van der Waals surface area contributed by atoms with E-state index in [1.54, 1.807) is 33.6 Å². The first-order valence-corrected chi connectivity index (χ1v) is 9.20. The molecule has 0 spiro atoms. The summed E-state index contributed by atoms with van der Waals surface area (Å²) in [6.45, 7) is 0.405. The third-order valence-corrected chi connectivity index (χ3v) is 4.46. The third-order valence-electron chi connectivity index (χ3n) is 4.46. The number of hydrogen-bond donors (Lipinski definition) is 1. The van der Waals surface area contributed by atoms with E-state index in [9.17, 15) is 4.79 Å². The van der Waals surface area contributed by atoms with E-state index < -0.39 is 0 Å². The molecule has 1 amide bonds. The van der Waals surface area contributed by atoms with Gasteiger partial charge in [0.05, 0.1) is 33.1 Å². The molecule has 0 fully saturated rings. The summed E-state index contributed by atoms with van der Waals surface area (Å²) in [4.78, 5) is 16.5. The number of oxazole rings is 1. The minimum absolute atomic E-state index is 0.0855. The number of aryl methyl sites for hydroxylation is 1. The minimum Gasteiger partial charge on any atom is -0.497 e. The highest BCUT2D eigenvalue weighted by Gasteiger charge is 2.14. The molecule has 7 nitrogen and oxygen atoms in total. The van der Waals surface area contributed by atoms with Crippen LogP contribution < -0.4 is 19.5 Å². The van der Waals surface area contributed by atoms with Crippen LogP contribution in [0.25, 0.3) is 11.3 Å². The van der Waals surface area contributed by atoms with E-state index in [0.717, 1.165) is 16.9 Å². The number of rotatable bonds is 9. The lowest BCUT2D eigenvalue weighted by Gasteiger charge is -2.09. The van der Waals surface area contributed by atoms with E-state index in [4.69, 9.17) is 18.6 Å². The lowest BCUT2D eigenvalue weighted by molar-refractivity contribution is -0.121. The number of benzene rings is 2. The second-order valence-electron chi connectivity index (χ2n) is 6.27. The standard InChI is InChI=1S/C22H24N2O5/c1-26-16-8-9-17(19(12-16)28-3)20-14-24-22(29-20)11-10-21(25)23-13-15-6-4-5-7-18(15)27-2/h4-9,12,14H,10-11,13H2,1-3H3,(H,23,25). The molecule has 3 aromatic rings. The van der Waals surface area contributed by atoms with Crippen molar-refractivity contribution in [1.82, 2.24) is 10.3 Å². The van der Waals surface area contributed by atoms with Crippen LogP contribution in [0, 0.1) is 0 Å². The summed E-state index contributed by atoms with van der Waals surface area (Å²) < 4.78 is 21.7. The first-order chi connectivity index (χ1) is 14.1. The number of carbonyl (C=O) groups is 1. The van der Waals surface area contributed by atoms with Crippen LogP contribution >= 0.6 is 0 Å². The topological polar surface area (TPSA) is 82.8 Å². The van der Waals surface area contributed by atoms with Crippen LogP contribution in [0.5, 0.6) is 17.2 Å². The van der Waals surface area contributed by atoms with E-state index in [-0.39, 0.29) is 12.3 Å². The molecule has 0 aliphatic heterocycles. The molecule has 29 heavy (non-hydrogen) atoms. The Morgan fingerprint density at radius 1 is 1.03 bits per heavy atom. The average molecular weight is 396 g/mol. The number of aromatic nitrogens is 1. The SMILES string of the molecule is COc1ccc(-c2cnc(CCC(=O)NCc3ccccc3OC)o2)c(OC)c1. The minimum atomic E-state index is -0.0855. The fraction of sp³-hybridized carbons (Fsp3) is 0.273. The quantitative estimate of drug-likeness (QED) is 0.595. The van der Waals surface area contributed by atoms with Crippen molar-refractivity contribution in [3.8, 4) is 28.6 Å². The monoisotopic (exact) mass is 396 g/mol. The average Bonchev–Trinajstić information content (AvgIpc) is 3.24. The zero-order chi connectivity index (χ0) is 20.6. The summed E-state index contributed by atoms with van der Waals surface area (Å²) >= 11 is 0. The Kier molecular flexibility index (Phi) is 6.73. The first-order valence-electron chi connectivity index (χ1n) is 9.20. The fourth-order valence-corrected chi connectivity index (χ4v) is 2.90. The number of nitrogens with zero attached hydrogens (tertiary/aromatic N) is 1. The number of para-hydroxylation sites is 1. The van der Waals surface area contributed by atoms with Crippen molar-refractivity contribution < 1.29 is 23.4 Å². The van der Waals surface area contributed by atoms with Gasteiger partial charge in [0.1, 0.15) is 17.2 Å². The summed E-state index contributed by atoms with van der Waals surface area (Å²) in [5.74, 6) is 3.05. The number of amides is 1. The summed E-state index contributed by atoms with van der Waals surface area (Å²) in [5.41, 5.74) is 1.70. The maximum Gasteiger partial charge on any atom is 0.220 e. The van der Waals surface area contributed by atoms with Crippen molar-refractivity contribution >= 4 is 5.91 Å². The molecule has 7 heteroatoms. The Morgan fingerprint density at radius 3 is 2.59 bits per heavy atom. The number of ether oxygens (including phenoxy) is 3. The van der Waals surface area contributed by atoms with Gasteiger partial charge in [-0.1, -0.05) is 18.2 Å². The lowest BCUT2D eigenvalue weighted by atomic mass is 10.1. The molecule has 1 N–H and O–H groups in total. The molecule has 2 aromatic carbocycles. The van der Waals surface area contributed by atoms with E-state index in [1.165, 1.54) is 0 Å². The predicted molar refractivity (Wildman–Crippen MR) is 108 cm³/mol. The molecule has 0 aliphatic rings. The number of carbonyl (C=O) groups excluding carboxylic acids is 1. The molecule has 0 radical (unpaired) electrons. The molecule has 0 unspecified atom stereocenters. The van der Waals surface area contributed by atoms with Crippen LogP contribution in [-0.2, 0) is 17.8 Å². The van der Waals surface area contributed by atoms with Crippen LogP contribution in [0.2, 0.25) is 0 Å². The number of nitrogens with one attached hydrogen (secondary N) is 1. The zero-order valence-electron chi connectivity index (χ0n) is 16.7.